The highest BCUT2D eigenvalue weighted by Gasteiger charge is 2.11. The lowest BCUT2D eigenvalue weighted by atomic mass is 10.2. The largest absolute Gasteiger partial charge is 1.00 e. The molecule has 72 heavy (non-hydrogen) atoms. The lowest BCUT2D eigenvalue weighted by molar-refractivity contribution is -0.370. The maximum absolute atomic E-state index is 4.24. The van der Waals surface area contributed by atoms with Gasteiger partial charge in [0.05, 0.1) is 52.4 Å². The Morgan fingerprint density at radius 3 is 0.889 bits per heavy atom. The monoisotopic (exact) mass is 1080 g/mol. The number of hydrogen-bond donors (Lipinski definition) is 3. The highest BCUT2D eigenvalue weighted by atomic mass is 35.5. The minimum Gasteiger partial charge on any atom is -1.00 e. The van der Waals surface area contributed by atoms with Crippen molar-refractivity contribution in [2.24, 2.45) is 0 Å². The van der Waals surface area contributed by atoms with Crippen LogP contribution in [0, 0.1) is 0 Å². The first-order chi connectivity index (χ1) is 32.9. The van der Waals surface area contributed by atoms with E-state index in [2.05, 4.69) is 200 Å². The molecule has 6 heterocycles. The van der Waals surface area contributed by atoms with Crippen molar-refractivity contribution in [2.75, 3.05) is 19.6 Å². The van der Waals surface area contributed by atoms with Gasteiger partial charge in [-0.2, -0.15) is 24.0 Å². The fourth-order valence-electron chi connectivity index (χ4n) is 5.03. The maximum atomic E-state index is 4.24. The molecule has 6 rings (SSSR count). The number of aryl methyl sites for hydroxylation is 4. The van der Waals surface area contributed by atoms with Crippen molar-refractivity contribution in [1.82, 2.24) is 121 Å². The summed E-state index contributed by atoms with van der Waals surface area (Å²) in [5, 5.41) is 71.6. The predicted octanol–water partition coefficient (Wildman–Crippen LogP) is -7.08. The van der Waals surface area contributed by atoms with Gasteiger partial charge in [-0.15, -0.1) is 56.1 Å². The minimum atomic E-state index is 0. The SMILES string of the molecule is CC(C)c1nnn(CCC[NH3+])n1.CC(C)c1nnn(CC[NH3+])n1.CC(C)c1nnnn1CC[NH3+].CCCCn1nnc(C(C)C)n1.CCCCn1nnc(C(C)C)n1.CCCn1nnc(C(C)C)n1.[Cl-].[Cl-].[Cl-]. The third kappa shape index (κ3) is 29.6. The molecule has 9 N–H and O–H groups in total. The van der Waals surface area contributed by atoms with Crippen LogP contribution >= 0.6 is 0 Å². The van der Waals surface area contributed by atoms with Crippen LogP contribution in [0.25, 0.3) is 0 Å². The Hall–Kier alpha value is -4.83. The van der Waals surface area contributed by atoms with Crippen molar-refractivity contribution in [2.45, 2.75) is 217 Å². The van der Waals surface area contributed by atoms with Crippen LogP contribution in [0.1, 0.15) is 213 Å². The first kappa shape index (κ1) is 71.4. The molecule has 0 aliphatic carbocycles. The fourth-order valence-corrected chi connectivity index (χ4v) is 5.03. The molecule has 0 amide bonds. The standard InChI is InChI=1S/2C8H16N4.C7H15N5.C7H14N4.2C6H13N5.3ClH/c2*1-4-5-6-12-10-8(7(2)3)9-11-12;1-6(2)7-9-11-12(10-7)5-3-4-8;1-4-5-11-9-7(6(2)3)8-10-11;1-5(2)6-8-9-10-11(6)4-3-7;1-5(2)6-8-10-11(9-6)4-3-7;;;/h2*7H,4-6H2,1-3H3;6H,3-5,8H2,1-2H3;6H,4-5H2,1-3H3;2*5H,3-4,7H2,1-2H3;3*1H. The number of quaternary nitrogens is 3. The lowest BCUT2D eigenvalue weighted by Crippen LogP contribution is -3.00. The summed E-state index contributed by atoms with van der Waals surface area (Å²) in [6.45, 7) is 38.7. The number of hydrogen-bond acceptors (Lipinski definition) is 18. The Labute approximate surface area is 445 Å². The molecule has 27 nitrogen and oxygen atoms in total. The Balaban J connectivity index is -0.000000787. The topological polar surface area (TPSA) is 345 Å². The second-order valence-corrected chi connectivity index (χ2v) is 18.0. The van der Waals surface area contributed by atoms with Crippen LogP contribution in [-0.4, -0.2) is 141 Å². The first-order valence-electron chi connectivity index (χ1n) is 25.0. The molecule has 0 fully saturated rings. The maximum Gasteiger partial charge on any atom is 0.177 e. The average molecular weight is 1080 g/mol. The fraction of sp³-hybridized carbons (Fsp3) is 0.857. The molecule has 0 aromatic carbocycles. The predicted molar refractivity (Wildman–Crippen MR) is 259 cm³/mol. The van der Waals surface area contributed by atoms with E-state index in [9.17, 15) is 0 Å². The summed E-state index contributed by atoms with van der Waals surface area (Å²) in [6, 6.07) is 0. The van der Waals surface area contributed by atoms with Crippen molar-refractivity contribution in [1.29, 1.82) is 0 Å². The number of aromatic nitrogens is 24. The van der Waals surface area contributed by atoms with E-state index < -0.39 is 0 Å². The molecule has 0 unspecified atom stereocenters. The number of unbranched alkanes of at least 4 members (excludes halogenated alkanes) is 2. The lowest BCUT2D eigenvalue weighted by Gasteiger charge is -2.02. The van der Waals surface area contributed by atoms with Gasteiger partial charge in [0, 0.05) is 41.9 Å². The van der Waals surface area contributed by atoms with Crippen LogP contribution in [0.2, 0.25) is 0 Å². The van der Waals surface area contributed by atoms with Gasteiger partial charge in [-0.05, 0) is 55.8 Å². The quantitative estimate of drug-likeness (QED) is 0.0603. The second kappa shape index (κ2) is 41.6. The zero-order valence-corrected chi connectivity index (χ0v) is 48.3. The van der Waals surface area contributed by atoms with E-state index >= 15 is 0 Å². The molecule has 0 radical (unpaired) electrons. The normalized spacial score (nSPS) is 10.5. The molecule has 0 aliphatic rings. The molecule has 30 heteroatoms. The number of halogens is 3. The Kier molecular flexibility index (Phi) is 41.3. The van der Waals surface area contributed by atoms with E-state index in [1.807, 2.05) is 13.8 Å². The third-order valence-corrected chi connectivity index (χ3v) is 9.18. The van der Waals surface area contributed by atoms with Gasteiger partial charge in [0.15, 0.2) is 34.9 Å². The summed E-state index contributed by atoms with van der Waals surface area (Å²) in [5.74, 6) is 7.30. The van der Waals surface area contributed by atoms with Crippen molar-refractivity contribution >= 4 is 0 Å². The van der Waals surface area contributed by atoms with E-state index in [4.69, 9.17) is 0 Å². The van der Waals surface area contributed by atoms with E-state index in [1.165, 1.54) is 12.8 Å². The van der Waals surface area contributed by atoms with Crippen molar-refractivity contribution in [3.05, 3.63) is 34.9 Å². The highest BCUT2D eigenvalue weighted by molar-refractivity contribution is 4.88. The molecule has 0 atom stereocenters. The van der Waals surface area contributed by atoms with Gasteiger partial charge in [0.1, 0.15) is 6.54 Å². The molecule has 0 aliphatic heterocycles. The summed E-state index contributed by atoms with van der Waals surface area (Å²) in [5.41, 5.74) is 11.2. The zero-order valence-electron chi connectivity index (χ0n) is 46.1. The minimum absolute atomic E-state index is 0. The zero-order chi connectivity index (χ0) is 51.7. The van der Waals surface area contributed by atoms with Crippen molar-refractivity contribution in [3.8, 4) is 0 Å². The van der Waals surface area contributed by atoms with Crippen molar-refractivity contribution in [3.63, 3.8) is 0 Å². The Morgan fingerprint density at radius 2 is 0.639 bits per heavy atom. The van der Waals surface area contributed by atoms with E-state index in [1.54, 1.807) is 28.7 Å². The van der Waals surface area contributed by atoms with E-state index in [-0.39, 0.29) is 37.2 Å². The van der Waals surface area contributed by atoms with Crippen LogP contribution in [0.5, 0.6) is 0 Å². The van der Waals surface area contributed by atoms with Crippen LogP contribution in [0.3, 0.4) is 0 Å². The molecule has 414 valence electrons. The summed E-state index contributed by atoms with van der Waals surface area (Å²) in [7, 11) is 0. The van der Waals surface area contributed by atoms with Crippen LogP contribution < -0.4 is 54.4 Å². The molecular weight excluding hydrogens is 989 g/mol. The van der Waals surface area contributed by atoms with E-state index in [0.717, 1.165) is 120 Å². The smallest absolute Gasteiger partial charge is 0.177 e. The summed E-state index contributed by atoms with van der Waals surface area (Å²) in [6.07, 6.45) is 6.63. The molecule has 6 aromatic rings. The van der Waals surface area contributed by atoms with Gasteiger partial charge in [-0.1, -0.05) is 117 Å². The van der Waals surface area contributed by atoms with Gasteiger partial charge < -0.3 is 54.4 Å². The van der Waals surface area contributed by atoms with Crippen LogP contribution in [0.4, 0.5) is 0 Å². The number of rotatable bonds is 21. The molecule has 0 bridgehead atoms. The highest BCUT2D eigenvalue weighted by Crippen LogP contribution is 2.10. The summed E-state index contributed by atoms with van der Waals surface area (Å²) >= 11 is 0. The molecular formula is C42H90Cl3N27. The number of nitrogens with zero attached hydrogens (tertiary/aromatic N) is 24. The van der Waals surface area contributed by atoms with Gasteiger partial charge in [-0.25, -0.2) is 4.68 Å². The third-order valence-electron chi connectivity index (χ3n) is 9.18. The molecule has 0 saturated carbocycles. The molecule has 6 aromatic heterocycles. The van der Waals surface area contributed by atoms with Crippen molar-refractivity contribution < 1.29 is 54.4 Å². The number of tetrazole rings is 6. The average Bonchev–Trinajstić information content (AvgIpc) is 4.18. The first-order valence-corrected chi connectivity index (χ1v) is 25.0. The van der Waals surface area contributed by atoms with Gasteiger partial charge in [0.25, 0.3) is 0 Å². The van der Waals surface area contributed by atoms with Gasteiger partial charge in [-0.3, -0.25) is 0 Å². The Bertz CT molecular complexity index is 1950. The molecule has 0 saturated heterocycles. The summed E-state index contributed by atoms with van der Waals surface area (Å²) in [4.78, 5) is 8.23. The van der Waals surface area contributed by atoms with Crippen LogP contribution in [0.15, 0.2) is 0 Å². The van der Waals surface area contributed by atoms with Gasteiger partial charge >= 0.3 is 0 Å². The second-order valence-electron chi connectivity index (χ2n) is 18.0. The van der Waals surface area contributed by atoms with Gasteiger partial charge in [0.2, 0.25) is 0 Å². The summed E-state index contributed by atoms with van der Waals surface area (Å²) < 4.78 is 1.80. The Morgan fingerprint density at radius 1 is 0.333 bits per heavy atom. The van der Waals surface area contributed by atoms with E-state index in [0.29, 0.717) is 35.5 Å². The molecule has 0 spiro atoms. The van der Waals surface area contributed by atoms with Crippen LogP contribution in [-0.2, 0) is 39.3 Å².